The van der Waals surface area contributed by atoms with E-state index in [-0.39, 0.29) is 21.8 Å². The molecule has 19 heavy (non-hydrogen) atoms. The Morgan fingerprint density at radius 2 is 2.16 bits per heavy atom. The molecular formula is C10H14ClN5O2S. The molecular weight excluding hydrogens is 290 g/mol. The molecule has 9 heteroatoms. The predicted molar refractivity (Wildman–Crippen MR) is 71.7 cm³/mol. The maximum absolute atomic E-state index is 12.2. The predicted octanol–water partition coefficient (Wildman–Crippen LogP) is 1.72. The third-order valence-electron chi connectivity index (χ3n) is 2.56. The smallest absolute Gasteiger partial charge is 0.280 e. The molecule has 0 saturated carbocycles. The number of hydrogen-bond donors (Lipinski definition) is 2. The normalized spacial score (nSPS) is 12.1. The van der Waals surface area contributed by atoms with E-state index in [1.54, 1.807) is 6.07 Å². The minimum Gasteiger partial charge on any atom is -0.280 e. The lowest BCUT2D eigenvalue weighted by atomic mass is 10.1. The molecule has 0 aromatic carbocycles. The molecule has 0 aliphatic heterocycles. The zero-order valence-electron chi connectivity index (χ0n) is 10.7. The maximum Gasteiger partial charge on any atom is 0.281 e. The molecule has 7 nitrogen and oxygen atoms in total. The highest BCUT2D eigenvalue weighted by molar-refractivity contribution is 7.92. The molecule has 0 aliphatic carbocycles. The van der Waals surface area contributed by atoms with Crippen molar-refractivity contribution >= 4 is 27.4 Å². The van der Waals surface area contributed by atoms with Crippen molar-refractivity contribution in [3.63, 3.8) is 0 Å². The molecule has 2 heterocycles. The number of aromatic nitrogens is 4. The summed E-state index contributed by atoms with van der Waals surface area (Å²) in [4.78, 5) is 0. The van der Waals surface area contributed by atoms with E-state index >= 15 is 0 Å². The highest BCUT2D eigenvalue weighted by atomic mass is 35.5. The summed E-state index contributed by atoms with van der Waals surface area (Å²) in [7, 11) is -2.30. The first-order valence-corrected chi connectivity index (χ1v) is 7.43. The zero-order chi connectivity index (χ0) is 14.2. The van der Waals surface area contributed by atoms with Crippen LogP contribution in [0, 0.1) is 0 Å². The second-order valence-corrected chi connectivity index (χ2v) is 6.39. The van der Waals surface area contributed by atoms with E-state index in [4.69, 9.17) is 11.6 Å². The lowest BCUT2D eigenvalue weighted by molar-refractivity contribution is 0.582. The van der Waals surface area contributed by atoms with Gasteiger partial charge in [-0.15, -0.1) is 0 Å². The molecule has 0 saturated heterocycles. The van der Waals surface area contributed by atoms with Crippen LogP contribution in [-0.2, 0) is 17.1 Å². The first-order valence-electron chi connectivity index (χ1n) is 5.57. The standard InChI is InChI=1S/C10H14ClN5O2S/c1-6(2)8-4-9(14-13-8)15-19(17,18)10-7(11)5-12-16(10)3/h4-6H,1-3H3,(H2,13,14,15). The van der Waals surface area contributed by atoms with Crippen molar-refractivity contribution < 1.29 is 8.42 Å². The largest absolute Gasteiger partial charge is 0.281 e. The number of H-pyrrole nitrogens is 1. The molecule has 104 valence electrons. The maximum atomic E-state index is 12.2. The lowest BCUT2D eigenvalue weighted by Gasteiger charge is -2.05. The summed E-state index contributed by atoms with van der Waals surface area (Å²) < 4.78 is 27.9. The topological polar surface area (TPSA) is 92.7 Å². The number of aryl methyl sites for hydroxylation is 1. The zero-order valence-corrected chi connectivity index (χ0v) is 12.2. The molecule has 0 unspecified atom stereocenters. The van der Waals surface area contributed by atoms with Crippen molar-refractivity contribution in [3.05, 3.63) is 23.0 Å². The summed E-state index contributed by atoms with van der Waals surface area (Å²) >= 11 is 5.82. The van der Waals surface area contributed by atoms with Crippen LogP contribution in [0.15, 0.2) is 17.3 Å². The van der Waals surface area contributed by atoms with Crippen LogP contribution in [0.4, 0.5) is 5.82 Å². The van der Waals surface area contributed by atoms with Gasteiger partial charge in [-0.25, -0.2) is 0 Å². The van der Waals surface area contributed by atoms with Gasteiger partial charge in [0.05, 0.1) is 11.2 Å². The highest BCUT2D eigenvalue weighted by Crippen LogP contribution is 2.23. The molecule has 0 atom stereocenters. The number of hydrogen-bond acceptors (Lipinski definition) is 4. The molecule has 2 aromatic rings. The van der Waals surface area contributed by atoms with Gasteiger partial charge >= 0.3 is 0 Å². The van der Waals surface area contributed by atoms with Crippen molar-refractivity contribution in [2.75, 3.05) is 4.72 Å². The monoisotopic (exact) mass is 303 g/mol. The molecule has 2 aromatic heterocycles. The Morgan fingerprint density at radius 3 is 2.63 bits per heavy atom. The molecule has 0 amide bonds. The highest BCUT2D eigenvalue weighted by Gasteiger charge is 2.23. The van der Waals surface area contributed by atoms with Gasteiger partial charge in [0.1, 0.15) is 0 Å². The van der Waals surface area contributed by atoms with Crippen LogP contribution in [0.2, 0.25) is 5.02 Å². The second kappa shape index (κ2) is 4.86. The van der Waals surface area contributed by atoms with Crippen LogP contribution >= 0.6 is 11.6 Å². The van der Waals surface area contributed by atoms with Gasteiger partial charge in [-0.05, 0) is 5.92 Å². The first-order chi connectivity index (χ1) is 8.81. The van der Waals surface area contributed by atoms with Crippen molar-refractivity contribution in [1.82, 2.24) is 20.0 Å². The molecule has 0 radical (unpaired) electrons. The molecule has 0 aliphatic rings. The van der Waals surface area contributed by atoms with Gasteiger partial charge in [0.25, 0.3) is 10.0 Å². The van der Waals surface area contributed by atoms with Gasteiger partial charge in [0.2, 0.25) is 0 Å². The van der Waals surface area contributed by atoms with Gasteiger partial charge in [0.15, 0.2) is 10.8 Å². The molecule has 0 spiro atoms. The molecule has 0 bridgehead atoms. The Bertz CT molecular complexity index is 669. The van der Waals surface area contributed by atoms with Crippen LogP contribution in [-0.4, -0.2) is 28.4 Å². The minimum atomic E-state index is -3.81. The molecule has 2 rings (SSSR count). The Kier molecular flexibility index (Phi) is 3.55. The minimum absolute atomic E-state index is 0.0645. The Hall–Kier alpha value is -1.54. The number of nitrogens with zero attached hydrogens (tertiary/aromatic N) is 3. The number of aromatic amines is 1. The van der Waals surface area contributed by atoms with Gasteiger partial charge in [-0.3, -0.25) is 14.5 Å². The van der Waals surface area contributed by atoms with Gasteiger partial charge < -0.3 is 0 Å². The van der Waals surface area contributed by atoms with Crippen molar-refractivity contribution in [2.45, 2.75) is 24.8 Å². The van der Waals surface area contributed by atoms with Crippen molar-refractivity contribution in [2.24, 2.45) is 7.05 Å². The third kappa shape index (κ3) is 2.74. The summed E-state index contributed by atoms with van der Waals surface area (Å²) in [5.74, 6) is 0.451. The van der Waals surface area contributed by atoms with E-state index in [0.717, 1.165) is 5.69 Å². The Balaban J connectivity index is 2.31. The summed E-state index contributed by atoms with van der Waals surface area (Å²) in [5.41, 5.74) is 0.841. The van der Waals surface area contributed by atoms with E-state index in [0.29, 0.717) is 0 Å². The summed E-state index contributed by atoms with van der Waals surface area (Å²) in [5, 5.41) is 10.4. The Labute approximate surface area is 116 Å². The van der Waals surface area contributed by atoms with Crippen LogP contribution in [0.25, 0.3) is 0 Å². The van der Waals surface area contributed by atoms with E-state index in [1.807, 2.05) is 13.8 Å². The van der Waals surface area contributed by atoms with Crippen molar-refractivity contribution in [1.29, 1.82) is 0 Å². The average Bonchev–Trinajstić information content (AvgIpc) is 2.85. The average molecular weight is 304 g/mol. The third-order valence-corrected chi connectivity index (χ3v) is 4.42. The molecule has 2 N–H and O–H groups in total. The lowest BCUT2D eigenvalue weighted by Crippen LogP contribution is -2.17. The number of anilines is 1. The van der Waals surface area contributed by atoms with Crippen LogP contribution in [0.1, 0.15) is 25.5 Å². The fourth-order valence-corrected chi connectivity index (χ4v) is 3.22. The van der Waals surface area contributed by atoms with Gasteiger partial charge in [-0.1, -0.05) is 25.4 Å². The van der Waals surface area contributed by atoms with Crippen LogP contribution in [0.5, 0.6) is 0 Å². The number of sulfonamides is 1. The van der Waals surface area contributed by atoms with E-state index in [9.17, 15) is 8.42 Å². The van der Waals surface area contributed by atoms with E-state index < -0.39 is 10.0 Å². The summed E-state index contributed by atoms with van der Waals surface area (Å²) in [6.07, 6.45) is 1.28. The summed E-state index contributed by atoms with van der Waals surface area (Å²) in [6.45, 7) is 3.95. The number of halogens is 1. The van der Waals surface area contributed by atoms with Gasteiger partial charge in [-0.2, -0.15) is 18.6 Å². The van der Waals surface area contributed by atoms with Crippen LogP contribution < -0.4 is 4.72 Å². The SMILES string of the molecule is CC(C)c1cc(NS(=O)(=O)c2c(Cl)cnn2C)n[nH]1. The van der Waals surface area contributed by atoms with Crippen LogP contribution in [0.3, 0.4) is 0 Å². The number of rotatable bonds is 4. The summed E-state index contributed by atoms with van der Waals surface area (Å²) in [6, 6.07) is 1.65. The number of nitrogens with one attached hydrogen (secondary N) is 2. The van der Waals surface area contributed by atoms with Crippen molar-refractivity contribution in [3.8, 4) is 0 Å². The van der Waals surface area contributed by atoms with E-state index in [1.165, 1.54) is 17.9 Å². The van der Waals surface area contributed by atoms with E-state index in [2.05, 4.69) is 20.0 Å². The fourth-order valence-electron chi connectivity index (χ4n) is 1.57. The second-order valence-electron chi connectivity index (χ2n) is 4.39. The fraction of sp³-hybridized carbons (Fsp3) is 0.400. The Morgan fingerprint density at radius 1 is 1.47 bits per heavy atom. The molecule has 0 fully saturated rings. The quantitative estimate of drug-likeness (QED) is 0.899. The first kappa shape index (κ1) is 13.9. The van der Waals surface area contributed by atoms with Gasteiger partial charge in [0, 0.05) is 18.8 Å².